The van der Waals surface area contributed by atoms with Crippen molar-refractivity contribution in [2.24, 2.45) is 0 Å². The van der Waals surface area contributed by atoms with Gasteiger partial charge in [0.2, 0.25) is 0 Å². The van der Waals surface area contributed by atoms with E-state index in [4.69, 9.17) is 14.0 Å². The number of carbonyl (C=O) groups excluding carboxylic acids is 1. The molecule has 136 valence electrons. The Morgan fingerprint density at radius 3 is 2.77 bits per heavy atom. The molecule has 0 amide bonds. The van der Waals surface area contributed by atoms with Crippen LogP contribution in [0.5, 0.6) is 11.5 Å². The standard InChI is InChI=1S/C18H15F2NO5/c1-23-16-8-11(6-7-15(16)25-18(19)20)10-24-17(22)9-13-12-4-2-3-5-14(12)26-21-13/h2-8,18H,9-10H2,1H3. The molecule has 1 aromatic heterocycles. The fraction of sp³-hybridized carbons (Fsp3) is 0.222. The average molecular weight is 363 g/mol. The third-order valence-corrected chi connectivity index (χ3v) is 3.61. The molecule has 0 unspecified atom stereocenters. The van der Waals surface area contributed by atoms with E-state index in [1.807, 2.05) is 12.1 Å². The molecule has 0 bridgehead atoms. The number of halogens is 2. The lowest BCUT2D eigenvalue weighted by Crippen LogP contribution is -2.09. The van der Waals surface area contributed by atoms with Crippen molar-refractivity contribution in [1.82, 2.24) is 5.16 Å². The fourth-order valence-corrected chi connectivity index (χ4v) is 2.41. The number of methoxy groups -OCH3 is 1. The molecule has 3 rings (SSSR count). The highest BCUT2D eigenvalue weighted by molar-refractivity contribution is 5.84. The maximum Gasteiger partial charge on any atom is 0.387 e. The zero-order chi connectivity index (χ0) is 18.5. The summed E-state index contributed by atoms with van der Waals surface area (Å²) in [6.45, 7) is -3.00. The zero-order valence-electron chi connectivity index (χ0n) is 13.8. The molecule has 0 saturated carbocycles. The summed E-state index contributed by atoms with van der Waals surface area (Å²) in [5.41, 5.74) is 1.65. The highest BCUT2D eigenvalue weighted by Gasteiger charge is 2.15. The first-order valence-electron chi connectivity index (χ1n) is 7.67. The highest BCUT2D eigenvalue weighted by Crippen LogP contribution is 2.29. The third-order valence-electron chi connectivity index (χ3n) is 3.61. The number of rotatable bonds is 7. The minimum atomic E-state index is -2.95. The van der Waals surface area contributed by atoms with E-state index in [9.17, 15) is 13.6 Å². The quantitative estimate of drug-likeness (QED) is 0.596. The van der Waals surface area contributed by atoms with Gasteiger partial charge in [-0.1, -0.05) is 23.4 Å². The predicted octanol–water partition coefficient (Wildman–Crippen LogP) is 3.72. The molecule has 6 nitrogen and oxygen atoms in total. The van der Waals surface area contributed by atoms with Crippen LogP contribution < -0.4 is 9.47 Å². The molecule has 3 aromatic rings. The van der Waals surface area contributed by atoms with Gasteiger partial charge in [-0.3, -0.25) is 4.79 Å². The Kier molecular flexibility index (Phi) is 5.31. The topological polar surface area (TPSA) is 70.8 Å². The predicted molar refractivity (Wildman–Crippen MR) is 87.1 cm³/mol. The lowest BCUT2D eigenvalue weighted by molar-refractivity contribution is -0.144. The molecule has 1 heterocycles. The van der Waals surface area contributed by atoms with Crippen LogP contribution in [0.4, 0.5) is 8.78 Å². The van der Waals surface area contributed by atoms with Crippen molar-refractivity contribution in [3.8, 4) is 11.5 Å². The molecule has 0 spiro atoms. The molecule has 0 saturated heterocycles. The minimum Gasteiger partial charge on any atom is -0.493 e. The van der Waals surface area contributed by atoms with E-state index >= 15 is 0 Å². The second-order valence-electron chi connectivity index (χ2n) is 5.33. The Bertz CT molecular complexity index is 909. The Morgan fingerprint density at radius 1 is 1.19 bits per heavy atom. The molecule has 0 radical (unpaired) electrons. The van der Waals surface area contributed by atoms with Crippen LogP contribution in [0.1, 0.15) is 11.3 Å². The van der Waals surface area contributed by atoms with Crippen LogP contribution in [0.15, 0.2) is 47.0 Å². The molecular weight excluding hydrogens is 348 g/mol. The van der Waals surface area contributed by atoms with Gasteiger partial charge in [-0.05, 0) is 29.8 Å². The number of hydrogen-bond donors (Lipinski definition) is 0. The Balaban J connectivity index is 1.62. The second kappa shape index (κ2) is 7.81. The summed E-state index contributed by atoms with van der Waals surface area (Å²) in [5, 5.41) is 4.62. The molecule has 8 heteroatoms. The zero-order valence-corrected chi connectivity index (χ0v) is 13.8. The summed E-state index contributed by atoms with van der Waals surface area (Å²) in [6.07, 6.45) is -0.0409. The van der Waals surface area contributed by atoms with Crippen LogP contribution in [0.25, 0.3) is 11.0 Å². The number of alkyl halides is 2. The van der Waals surface area contributed by atoms with Gasteiger partial charge in [0, 0.05) is 5.39 Å². The SMILES string of the molecule is COc1cc(COC(=O)Cc2noc3ccccc23)ccc1OC(F)F. The van der Waals surface area contributed by atoms with Crippen molar-refractivity contribution in [3.63, 3.8) is 0 Å². The van der Waals surface area contributed by atoms with E-state index in [-0.39, 0.29) is 24.5 Å². The van der Waals surface area contributed by atoms with E-state index < -0.39 is 12.6 Å². The Morgan fingerprint density at radius 2 is 2.00 bits per heavy atom. The van der Waals surface area contributed by atoms with E-state index in [2.05, 4.69) is 9.89 Å². The van der Waals surface area contributed by atoms with Gasteiger partial charge in [-0.2, -0.15) is 8.78 Å². The molecule has 26 heavy (non-hydrogen) atoms. The largest absolute Gasteiger partial charge is 0.493 e. The first-order valence-corrected chi connectivity index (χ1v) is 7.67. The number of para-hydroxylation sites is 1. The van der Waals surface area contributed by atoms with Crippen LogP contribution in [-0.2, 0) is 22.6 Å². The Hall–Kier alpha value is -3.16. The van der Waals surface area contributed by atoms with Gasteiger partial charge in [0.1, 0.15) is 12.3 Å². The van der Waals surface area contributed by atoms with Crippen molar-refractivity contribution in [2.75, 3.05) is 7.11 Å². The number of carbonyl (C=O) groups is 1. The van der Waals surface area contributed by atoms with E-state index in [0.717, 1.165) is 5.39 Å². The van der Waals surface area contributed by atoms with E-state index in [1.165, 1.54) is 25.3 Å². The third kappa shape index (κ3) is 4.08. The van der Waals surface area contributed by atoms with E-state index in [0.29, 0.717) is 16.8 Å². The monoisotopic (exact) mass is 363 g/mol. The van der Waals surface area contributed by atoms with Crippen molar-refractivity contribution in [1.29, 1.82) is 0 Å². The lowest BCUT2D eigenvalue weighted by atomic mass is 10.2. The van der Waals surface area contributed by atoms with Crippen LogP contribution in [0.2, 0.25) is 0 Å². The summed E-state index contributed by atoms with van der Waals surface area (Å²) >= 11 is 0. The Labute approximate surface area is 147 Å². The second-order valence-corrected chi connectivity index (χ2v) is 5.33. The summed E-state index contributed by atoms with van der Waals surface area (Å²) in [5.74, 6) is -0.455. The number of esters is 1. The van der Waals surface area contributed by atoms with Gasteiger partial charge in [0.05, 0.1) is 13.5 Å². The summed E-state index contributed by atoms with van der Waals surface area (Å²) in [7, 11) is 1.33. The van der Waals surface area contributed by atoms with Crippen LogP contribution in [0, 0.1) is 0 Å². The number of hydrogen-bond acceptors (Lipinski definition) is 6. The van der Waals surface area contributed by atoms with Gasteiger partial charge in [-0.25, -0.2) is 0 Å². The van der Waals surface area contributed by atoms with Crippen molar-refractivity contribution >= 4 is 16.9 Å². The molecule has 0 aliphatic rings. The molecule has 2 aromatic carbocycles. The van der Waals surface area contributed by atoms with Gasteiger partial charge in [0.15, 0.2) is 17.1 Å². The molecule has 0 fully saturated rings. The average Bonchev–Trinajstić information content (AvgIpc) is 3.03. The highest BCUT2D eigenvalue weighted by atomic mass is 19.3. The number of benzene rings is 2. The first kappa shape index (κ1) is 17.7. The number of ether oxygens (including phenoxy) is 3. The molecular formula is C18H15F2NO5. The maximum absolute atomic E-state index is 12.3. The maximum atomic E-state index is 12.3. The molecule has 0 aliphatic heterocycles. The lowest BCUT2D eigenvalue weighted by Gasteiger charge is -2.11. The summed E-state index contributed by atoms with van der Waals surface area (Å²) in [6, 6.07) is 11.5. The van der Waals surface area contributed by atoms with Crippen LogP contribution >= 0.6 is 0 Å². The molecule has 0 aliphatic carbocycles. The smallest absolute Gasteiger partial charge is 0.387 e. The van der Waals surface area contributed by atoms with Crippen molar-refractivity contribution in [3.05, 3.63) is 53.7 Å². The number of fused-ring (bicyclic) bond motifs is 1. The molecule has 0 N–H and O–H groups in total. The molecule has 0 atom stereocenters. The van der Waals surface area contributed by atoms with Crippen molar-refractivity contribution in [2.45, 2.75) is 19.6 Å². The summed E-state index contributed by atoms with van der Waals surface area (Å²) < 4.78 is 44.3. The van der Waals surface area contributed by atoms with Gasteiger partial charge < -0.3 is 18.7 Å². The number of nitrogens with zero attached hydrogens (tertiary/aromatic N) is 1. The summed E-state index contributed by atoms with van der Waals surface area (Å²) in [4.78, 5) is 12.0. The fourth-order valence-electron chi connectivity index (χ4n) is 2.41. The number of aromatic nitrogens is 1. The van der Waals surface area contributed by atoms with Gasteiger partial charge >= 0.3 is 12.6 Å². The van der Waals surface area contributed by atoms with E-state index in [1.54, 1.807) is 12.1 Å². The van der Waals surface area contributed by atoms with Gasteiger partial charge in [0.25, 0.3) is 0 Å². The van der Waals surface area contributed by atoms with Crippen molar-refractivity contribution < 1.29 is 32.3 Å². The minimum absolute atomic E-state index is 0.0409. The van der Waals surface area contributed by atoms with Gasteiger partial charge in [-0.15, -0.1) is 0 Å². The van der Waals surface area contributed by atoms with Crippen LogP contribution in [0.3, 0.4) is 0 Å². The van der Waals surface area contributed by atoms with Crippen LogP contribution in [-0.4, -0.2) is 24.8 Å². The first-order chi connectivity index (χ1) is 12.6. The normalized spacial score (nSPS) is 10.9.